The molecule has 0 aliphatic rings. The Labute approximate surface area is 118 Å². The van der Waals surface area contributed by atoms with Gasteiger partial charge in [0.2, 0.25) is 0 Å². The van der Waals surface area contributed by atoms with Gasteiger partial charge in [0, 0.05) is 12.0 Å². The number of furan rings is 1. The van der Waals surface area contributed by atoms with E-state index in [0.29, 0.717) is 0 Å². The average Bonchev–Trinajstić information content (AvgIpc) is 2.97. The minimum Gasteiger partial charge on any atom is -0.469 e. The second-order valence-corrected chi connectivity index (χ2v) is 4.82. The Morgan fingerprint density at radius 3 is 2.20 bits per heavy atom. The molecule has 1 unspecified atom stereocenters. The van der Waals surface area contributed by atoms with Crippen LogP contribution in [0.5, 0.6) is 0 Å². The molecule has 0 radical (unpaired) electrons. The first-order valence-corrected chi connectivity index (χ1v) is 6.67. The van der Waals surface area contributed by atoms with Crippen molar-refractivity contribution in [2.45, 2.75) is 12.5 Å². The van der Waals surface area contributed by atoms with Crippen LogP contribution in [0.3, 0.4) is 0 Å². The van der Waals surface area contributed by atoms with Crippen molar-refractivity contribution in [1.29, 1.82) is 0 Å². The maximum atomic E-state index is 10.3. The van der Waals surface area contributed by atoms with E-state index in [1.54, 1.807) is 6.26 Å². The molecule has 0 aliphatic carbocycles. The van der Waals surface area contributed by atoms with Crippen LogP contribution >= 0.6 is 0 Å². The van der Waals surface area contributed by atoms with Gasteiger partial charge < -0.3 is 9.52 Å². The molecule has 0 saturated carbocycles. The van der Waals surface area contributed by atoms with Gasteiger partial charge in [0.1, 0.15) is 11.9 Å². The topological polar surface area (TPSA) is 33.4 Å². The van der Waals surface area contributed by atoms with Crippen LogP contribution in [0.2, 0.25) is 0 Å². The molecule has 0 amide bonds. The molecule has 2 heteroatoms. The molecular weight excluding hydrogens is 248 g/mol. The second-order valence-electron chi connectivity index (χ2n) is 4.82. The van der Waals surface area contributed by atoms with Crippen molar-refractivity contribution in [1.82, 2.24) is 0 Å². The predicted molar refractivity (Wildman–Crippen MR) is 78.5 cm³/mol. The molecule has 1 aromatic heterocycles. The van der Waals surface area contributed by atoms with E-state index in [4.69, 9.17) is 4.42 Å². The maximum absolute atomic E-state index is 10.3. The van der Waals surface area contributed by atoms with Gasteiger partial charge in [-0.05, 0) is 17.2 Å². The molecule has 20 heavy (non-hydrogen) atoms. The molecule has 2 aromatic carbocycles. The summed E-state index contributed by atoms with van der Waals surface area (Å²) in [6.45, 7) is 0. The molecule has 3 rings (SSSR count). The largest absolute Gasteiger partial charge is 0.469 e. The first-order chi connectivity index (χ1) is 9.83. The van der Waals surface area contributed by atoms with Crippen molar-refractivity contribution < 1.29 is 9.52 Å². The highest BCUT2D eigenvalue weighted by atomic mass is 16.3. The Morgan fingerprint density at radius 2 is 1.50 bits per heavy atom. The molecule has 100 valence electrons. The molecule has 3 aromatic rings. The zero-order valence-corrected chi connectivity index (χ0v) is 11.1. The van der Waals surface area contributed by atoms with Crippen molar-refractivity contribution in [2.75, 3.05) is 0 Å². The van der Waals surface area contributed by atoms with E-state index in [2.05, 4.69) is 12.1 Å². The minimum atomic E-state index is -0.635. The predicted octanol–water partition coefficient (Wildman–Crippen LogP) is 3.95. The molecule has 1 heterocycles. The zero-order valence-electron chi connectivity index (χ0n) is 11.1. The van der Waals surface area contributed by atoms with Crippen LogP contribution in [0.4, 0.5) is 0 Å². The molecule has 0 aliphatic heterocycles. The number of benzene rings is 2. The van der Waals surface area contributed by atoms with Crippen molar-refractivity contribution in [3.63, 3.8) is 0 Å². The molecule has 1 atom stereocenters. The molecule has 0 bridgehead atoms. The van der Waals surface area contributed by atoms with Gasteiger partial charge in [-0.3, -0.25) is 0 Å². The van der Waals surface area contributed by atoms with E-state index in [0.717, 1.165) is 23.3 Å². The summed E-state index contributed by atoms with van der Waals surface area (Å²) in [5, 5.41) is 10.3. The number of aliphatic hydroxyl groups excluding tert-OH is 1. The van der Waals surface area contributed by atoms with E-state index >= 15 is 0 Å². The van der Waals surface area contributed by atoms with E-state index in [-0.39, 0.29) is 0 Å². The lowest BCUT2D eigenvalue weighted by atomic mass is 10.0. The lowest BCUT2D eigenvalue weighted by Crippen LogP contribution is -1.97. The van der Waals surface area contributed by atoms with Gasteiger partial charge in [0.25, 0.3) is 0 Å². The first-order valence-electron chi connectivity index (χ1n) is 6.67. The van der Waals surface area contributed by atoms with Crippen molar-refractivity contribution >= 4 is 0 Å². The summed E-state index contributed by atoms with van der Waals surface area (Å²) in [5.74, 6) is 0.862. The van der Waals surface area contributed by atoms with Crippen LogP contribution < -0.4 is 0 Å². The van der Waals surface area contributed by atoms with Crippen LogP contribution in [0, 0.1) is 0 Å². The van der Waals surface area contributed by atoms with Crippen LogP contribution in [-0.4, -0.2) is 5.11 Å². The Bertz CT molecular complexity index is 656. The van der Waals surface area contributed by atoms with E-state index in [9.17, 15) is 5.11 Å². The molecular formula is C18H16O2. The summed E-state index contributed by atoms with van der Waals surface area (Å²) >= 11 is 0. The van der Waals surface area contributed by atoms with Gasteiger partial charge in [0.05, 0.1) is 6.26 Å². The zero-order chi connectivity index (χ0) is 13.8. The Morgan fingerprint density at radius 1 is 0.850 bits per heavy atom. The average molecular weight is 264 g/mol. The fraction of sp³-hybridized carbons (Fsp3) is 0.111. The van der Waals surface area contributed by atoms with Crippen molar-refractivity contribution in [2.24, 2.45) is 0 Å². The third-order valence-electron chi connectivity index (χ3n) is 3.33. The third-order valence-corrected chi connectivity index (χ3v) is 3.33. The highest BCUT2D eigenvalue weighted by Gasteiger charge is 2.13. The normalized spacial score (nSPS) is 12.2. The smallest absolute Gasteiger partial charge is 0.108 e. The standard InChI is InChI=1S/C18H16O2/c19-18(15-9-5-2-6-10-15)16-12-17(20-13-16)11-14-7-3-1-4-8-14/h1-10,12-13,18-19H,11H2. The fourth-order valence-electron chi connectivity index (χ4n) is 2.26. The van der Waals surface area contributed by atoms with Gasteiger partial charge in [-0.25, -0.2) is 0 Å². The highest BCUT2D eigenvalue weighted by Crippen LogP contribution is 2.24. The van der Waals surface area contributed by atoms with Crippen LogP contribution in [-0.2, 0) is 6.42 Å². The summed E-state index contributed by atoms with van der Waals surface area (Å²) in [5.41, 5.74) is 2.87. The number of aliphatic hydroxyl groups is 1. The molecule has 0 spiro atoms. The van der Waals surface area contributed by atoms with Crippen LogP contribution in [0.25, 0.3) is 0 Å². The number of hydrogen-bond donors (Lipinski definition) is 1. The van der Waals surface area contributed by atoms with Gasteiger partial charge in [-0.15, -0.1) is 0 Å². The Kier molecular flexibility index (Phi) is 3.66. The first kappa shape index (κ1) is 12.7. The lowest BCUT2D eigenvalue weighted by molar-refractivity contribution is 0.219. The molecule has 1 N–H and O–H groups in total. The number of hydrogen-bond acceptors (Lipinski definition) is 2. The van der Waals surface area contributed by atoms with Gasteiger partial charge in [-0.2, -0.15) is 0 Å². The fourth-order valence-corrected chi connectivity index (χ4v) is 2.26. The van der Waals surface area contributed by atoms with Gasteiger partial charge in [-0.1, -0.05) is 60.7 Å². The van der Waals surface area contributed by atoms with Crippen LogP contribution in [0.1, 0.15) is 28.6 Å². The lowest BCUT2D eigenvalue weighted by Gasteiger charge is -2.07. The summed E-state index contributed by atoms with van der Waals surface area (Å²) in [4.78, 5) is 0. The maximum Gasteiger partial charge on any atom is 0.108 e. The highest BCUT2D eigenvalue weighted by molar-refractivity contribution is 5.30. The Balaban J connectivity index is 1.77. The monoisotopic (exact) mass is 264 g/mol. The van der Waals surface area contributed by atoms with Crippen molar-refractivity contribution in [3.05, 3.63) is 95.4 Å². The van der Waals surface area contributed by atoms with Gasteiger partial charge >= 0.3 is 0 Å². The number of rotatable bonds is 4. The quantitative estimate of drug-likeness (QED) is 0.774. The molecule has 2 nitrogen and oxygen atoms in total. The molecule has 0 fully saturated rings. The summed E-state index contributed by atoms with van der Waals surface area (Å²) < 4.78 is 5.55. The van der Waals surface area contributed by atoms with Crippen LogP contribution in [0.15, 0.2) is 77.4 Å². The SMILES string of the molecule is OC(c1ccccc1)c1coc(Cc2ccccc2)c1. The molecule has 0 saturated heterocycles. The van der Waals surface area contributed by atoms with E-state index in [1.807, 2.05) is 54.6 Å². The van der Waals surface area contributed by atoms with E-state index < -0.39 is 6.10 Å². The third kappa shape index (κ3) is 2.81. The minimum absolute atomic E-state index is 0.635. The summed E-state index contributed by atoms with van der Waals surface area (Å²) in [6, 6.07) is 21.7. The van der Waals surface area contributed by atoms with Gasteiger partial charge in [0.15, 0.2) is 0 Å². The second kappa shape index (κ2) is 5.76. The summed E-state index contributed by atoms with van der Waals surface area (Å²) in [7, 11) is 0. The summed E-state index contributed by atoms with van der Waals surface area (Å²) in [6.07, 6.45) is 1.74. The Hall–Kier alpha value is -2.32. The van der Waals surface area contributed by atoms with Crippen molar-refractivity contribution in [3.8, 4) is 0 Å². The van der Waals surface area contributed by atoms with E-state index in [1.165, 1.54) is 5.56 Å².